The van der Waals surface area contributed by atoms with Crippen molar-refractivity contribution in [2.75, 3.05) is 0 Å². The summed E-state index contributed by atoms with van der Waals surface area (Å²) in [7, 11) is 0. The Kier molecular flexibility index (Phi) is 8.95. The summed E-state index contributed by atoms with van der Waals surface area (Å²) in [6, 6.07) is 16.2. The van der Waals surface area contributed by atoms with E-state index >= 15 is 0 Å². The Morgan fingerprint density at radius 2 is 1.50 bits per heavy atom. The maximum Gasteiger partial charge on any atom is 0.416 e. The van der Waals surface area contributed by atoms with Crippen LogP contribution in [0.5, 0.6) is 0 Å². The highest BCUT2D eigenvalue weighted by molar-refractivity contribution is 6.52. The van der Waals surface area contributed by atoms with Crippen molar-refractivity contribution in [3.63, 3.8) is 0 Å². The van der Waals surface area contributed by atoms with Gasteiger partial charge in [-0.05, 0) is 35.4 Å². The fourth-order valence-electron chi connectivity index (χ4n) is 3.99. The second kappa shape index (κ2) is 12.4. The van der Waals surface area contributed by atoms with Gasteiger partial charge >= 0.3 is 12.4 Å². The predicted octanol–water partition coefficient (Wildman–Crippen LogP) is 6.18. The van der Waals surface area contributed by atoms with Crippen LogP contribution < -0.4 is 5.84 Å². The Balaban J connectivity index is 1.86. The Labute approximate surface area is 239 Å². The van der Waals surface area contributed by atoms with Gasteiger partial charge in [0.2, 0.25) is 0 Å². The van der Waals surface area contributed by atoms with Crippen LogP contribution in [0.1, 0.15) is 39.5 Å². The van der Waals surface area contributed by atoms with Gasteiger partial charge in [-0.1, -0.05) is 65.3 Å². The van der Waals surface area contributed by atoms with Crippen LogP contribution in [0.2, 0.25) is 5.02 Å². The van der Waals surface area contributed by atoms with Crippen molar-refractivity contribution >= 4 is 29.2 Å². The smallest absolute Gasteiger partial charge is 0.411 e. The van der Waals surface area contributed by atoms with E-state index in [4.69, 9.17) is 22.7 Å². The first-order chi connectivity index (χ1) is 19.9. The van der Waals surface area contributed by atoms with E-state index in [2.05, 4.69) is 25.4 Å². The highest BCUT2D eigenvalue weighted by Gasteiger charge is 2.37. The fraction of sp³-hybridized carbons (Fsp3) is 0.148. The first-order valence-corrected chi connectivity index (χ1v) is 12.3. The Hall–Kier alpha value is -4.72. The van der Waals surface area contributed by atoms with E-state index < -0.39 is 30.0 Å². The number of hydrogen-bond acceptors (Lipinski definition) is 7. The Bertz CT molecular complexity index is 1610. The molecule has 0 saturated carbocycles. The van der Waals surface area contributed by atoms with Gasteiger partial charge in [0, 0.05) is 10.6 Å². The topological polar surface area (TPSA) is 114 Å². The van der Waals surface area contributed by atoms with Gasteiger partial charge in [0.1, 0.15) is 6.21 Å². The summed E-state index contributed by atoms with van der Waals surface area (Å²) >= 11 is 6.33. The molecule has 4 aromatic rings. The highest BCUT2D eigenvalue weighted by Crippen LogP contribution is 2.36. The number of nitrogens with two attached hydrogens (primary N) is 1. The number of aliphatic imine (C=N–C) groups is 1. The Morgan fingerprint density at radius 3 is 2.07 bits per heavy atom. The zero-order chi connectivity index (χ0) is 30.5. The summed E-state index contributed by atoms with van der Waals surface area (Å²) in [5.74, 6) is 5.84. The van der Waals surface area contributed by atoms with Gasteiger partial charge in [0.05, 0.1) is 29.9 Å². The average Bonchev–Trinajstić information content (AvgIpc) is 3.33. The van der Waals surface area contributed by atoms with E-state index in [1.54, 1.807) is 54.6 Å². The van der Waals surface area contributed by atoms with Crippen molar-refractivity contribution in [2.24, 2.45) is 21.1 Å². The molecule has 42 heavy (non-hydrogen) atoms. The number of aromatic nitrogens is 3. The molecule has 0 amide bonds. The van der Waals surface area contributed by atoms with Gasteiger partial charge < -0.3 is 15.6 Å². The molecule has 0 radical (unpaired) electrons. The fourth-order valence-corrected chi connectivity index (χ4v) is 4.19. The quantitative estimate of drug-likeness (QED) is 0.0819. The molecule has 15 heteroatoms. The van der Waals surface area contributed by atoms with E-state index in [9.17, 15) is 26.3 Å². The molecule has 0 saturated heterocycles. The summed E-state index contributed by atoms with van der Waals surface area (Å²) in [6.07, 6.45) is -9.04. The maximum absolute atomic E-state index is 13.4. The van der Waals surface area contributed by atoms with Crippen molar-refractivity contribution in [3.8, 4) is 0 Å². The molecule has 0 spiro atoms. The SMILES string of the molecule is NN=C(C(=NCc1cc(C(F)(F)F)cc(C(F)(F)F)c1)c1ccccc1)c1nnc(/C=N/O)n1Cc1ccccc1Cl. The van der Waals surface area contributed by atoms with Crippen molar-refractivity contribution in [1.82, 2.24) is 14.8 Å². The molecule has 3 N–H and O–H groups in total. The third-order valence-electron chi connectivity index (χ3n) is 5.92. The predicted molar refractivity (Wildman–Crippen MR) is 144 cm³/mol. The number of benzene rings is 3. The molecule has 4 rings (SSSR count). The number of hydrazone groups is 1. The van der Waals surface area contributed by atoms with Gasteiger partial charge in [-0.2, -0.15) is 31.4 Å². The van der Waals surface area contributed by atoms with Gasteiger partial charge in [0.25, 0.3) is 0 Å². The molecule has 0 aliphatic rings. The molecular formula is C27H20ClF6N7O. The molecule has 218 valence electrons. The van der Waals surface area contributed by atoms with Gasteiger partial charge in [-0.25, -0.2) is 0 Å². The lowest BCUT2D eigenvalue weighted by Gasteiger charge is -2.15. The van der Waals surface area contributed by atoms with Crippen LogP contribution in [-0.2, 0) is 25.4 Å². The minimum absolute atomic E-state index is 0.00404. The third-order valence-corrected chi connectivity index (χ3v) is 6.29. The maximum atomic E-state index is 13.4. The minimum Gasteiger partial charge on any atom is -0.411 e. The van der Waals surface area contributed by atoms with E-state index in [0.29, 0.717) is 28.3 Å². The molecule has 0 unspecified atom stereocenters. The van der Waals surface area contributed by atoms with Crippen molar-refractivity contribution < 1.29 is 31.5 Å². The second-order valence-electron chi connectivity index (χ2n) is 8.73. The second-order valence-corrected chi connectivity index (χ2v) is 9.13. The summed E-state index contributed by atoms with van der Waals surface area (Å²) in [5, 5.41) is 24.5. The normalized spacial score (nSPS) is 13.2. The summed E-state index contributed by atoms with van der Waals surface area (Å²) in [4.78, 5) is 4.36. The van der Waals surface area contributed by atoms with E-state index in [0.717, 1.165) is 6.21 Å². The number of oxime groups is 1. The average molecular weight is 608 g/mol. The van der Waals surface area contributed by atoms with Crippen LogP contribution in [-0.4, -0.2) is 37.6 Å². The van der Waals surface area contributed by atoms with Crippen molar-refractivity contribution in [3.05, 3.63) is 117 Å². The third kappa shape index (κ3) is 6.94. The standard InChI is InChI=1S/C27H20ClF6N7O/c28-21-9-5-4-8-18(21)15-41-22(14-37-42)39-40-25(41)24(38-35)23(17-6-2-1-3-7-17)36-13-16-10-19(26(29,30)31)12-20(11-16)27(32,33)34/h1-12,14,42H,13,15,35H2/b36-23?,37-14+,38-24?. The minimum atomic E-state index is -5.02. The van der Waals surface area contributed by atoms with Crippen LogP contribution in [0.15, 0.2) is 88.0 Å². The van der Waals surface area contributed by atoms with Crippen molar-refractivity contribution in [1.29, 1.82) is 0 Å². The first kappa shape index (κ1) is 30.2. The van der Waals surface area contributed by atoms with Crippen LogP contribution >= 0.6 is 11.6 Å². The summed E-state index contributed by atoms with van der Waals surface area (Å²) < 4.78 is 82.0. The molecule has 0 atom stereocenters. The lowest BCUT2D eigenvalue weighted by atomic mass is 10.0. The molecule has 0 fully saturated rings. The zero-order valence-electron chi connectivity index (χ0n) is 21.3. The van der Waals surface area contributed by atoms with E-state index in [1.807, 2.05) is 0 Å². The molecule has 8 nitrogen and oxygen atoms in total. The van der Waals surface area contributed by atoms with Crippen LogP contribution in [0.25, 0.3) is 0 Å². The van der Waals surface area contributed by atoms with E-state index in [1.165, 1.54) is 4.57 Å². The number of rotatable bonds is 8. The summed E-state index contributed by atoms with van der Waals surface area (Å²) in [5.41, 5.74) is -2.38. The number of hydrogen-bond donors (Lipinski definition) is 2. The lowest BCUT2D eigenvalue weighted by Crippen LogP contribution is -2.25. The van der Waals surface area contributed by atoms with Gasteiger partial charge in [0.15, 0.2) is 17.4 Å². The highest BCUT2D eigenvalue weighted by atomic mass is 35.5. The first-order valence-electron chi connectivity index (χ1n) is 11.9. The number of nitrogens with zero attached hydrogens (tertiary/aromatic N) is 6. The molecule has 1 heterocycles. The van der Waals surface area contributed by atoms with Gasteiger partial charge in [-0.15, -0.1) is 10.2 Å². The molecule has 1 aromatic heterocycles. The lowest BCUT2D eigenvalue weighted by molar-refractivity contribution is -0.143. The zero-order valence-corrected chi connectivity index (χ0v) is 22.0. The Morgan fingerprint density at radius 1 is 0.881 bits per heavy atom. The molecular weight excluding hydrogens is 588 g/mol. The van der Waals surface area contributed by atoms with Crippen LogP contribution in [0.3, 0.4) is 0 Å². The van der Waals surface area contributed by atoms with Gasteiger partial charge in [-0.3, -0.25) is 4.99 Å². The summed E-state index contributed by atoms with van der Waals surface area (Å²) in [6.45, 7) is -0.549. The largest absolute Gasteiger partial charge is 0.416 e. The van der Waals surface area contributed by atoms with Crippen molar-refractivity contribution in [2.45, 2.75) is 25.4 Å². The van der Waals surface area contributed by atoms with E-state index in [-0.39, 0.29) is 41.2 Å². The molecule has 0 aliphatic heterocycles. The van der Waals surface area contributed by atoms with Crippen LogP contribution in [0, 0.1) is 0 Å². The number of alkyl halides is 6. The molecule has 3 aromatic carbocycles. The number of halogens is 7. The molecule has 0 bridgehead atoms. The molecule has 0 aliphatic carbocycles. The van der Waals surface area contributed by atoms with Crippen LogP contribution in [0.4, 0.5) is 26.3 Å². The monoisotopic (exact) mass is 607 g/mol.